The number of aryl methyl sites for hydroxylation is 2. The molecule has 0 unspecified atom stereocenters. The van der Waals surface area contributed by atoms with Crippen LogP contribution < -0.4 is 14.9 Å². The Labute approximate surface area is 241 Å². The van der Waals surface area contributed by atoms with Crippen molar-refractivity contribution in [3.63, 3.8) is 0 Å². The Morgan fingerprint density at radius 3 is 2.17 bits per heavy atom. The molecule has 0 atom stereocenters. The number of hydrogen-bond acceptors (Lipinski definition) is 7. The normalized spacial score (nSPS) is 13.2. The summed E-state index contributed by atoms with van der Waals surface area (Å²) in [4.78, 5) is 52.2. The Hall–Kier alpha value is -4.64. The van der Waals surface area contributed by atoms with Crippen molar-refractivity contribution in [2.45, 2.75) is 39.9 Å². The van der Waals surface area contributed by atoms with Crippen LogP contribution in [0.2, 0.25) is 5.02 Å². The predicted octanol–water partition coefficient (Wildman–Crippen LogP) is 7.10. The highest BCUT2D eigenvalue weighted by Crippen LogP contribution is 2.39. The molecular formula is C30H21ClF3NO7. The fourth-order valence-electron chi connectivity index (χ4n) is 4.60. The van der Waals surface area contributed by atoms with Gasteiger partial charge in [0.2, 0.25) is 11.2 Å². The summed E-state index contributed by atoms with van der Waals surface area (Å²) in [6.45, 7) is 6.62. The van der Waals surface area contributed by atoms with Crippen molar-refractivity contribution < 1.29 is 41.4 Å². The van der Waals surface area contributed by atoms with Crippen LogP contribution in [0.3, 0.4) is 0 Å². The molecule has 2 heterocycles. The van der Waals surface area contributed by atoms with Crippen LogP contribution in [-0.2, 0) is 6.18 Å². The molecule has 0 fully saturated rings. The van der Waals surface area contributed by atoms with E-state index in [0.717, 1.165) is 17.0 Å². The Balaban J connectivity index is 1.49. The second kappa shape index (κ2) is 10.3. The molecule has 0 radical (unpaired) electrons. The molecule has 4 aromatic rings. The van der Waals surface area contributed by atoms with E-state index in [-0.39, 0.29) is 33.6 Å². The Bertz CT molecular complexity index is 1850. The molecule has 0 spiro atoms. The van der Waals surface area contributed by atoms with E-state index in [1.165, 1.54) is 36.4 Å². The van der Waals surface area contributed by atoms with E-state index in [2.05, 4.69) is 0 Å². The quantitative estimate of drug-likeness (QED) is 0.137. The number of amides is 2. The molecule has 0 saturated carbocycles. The molecule has 3 aromatic carbocycles. The summed E-state index contributed by atoms with van der Waals surface area (Å²) >= 11 is 6.13. The van der Waals surface area contributed by atoms with Gasteiger partial charge in [-0.15, -0.1) is 0 Å². The monoisotopic (exact) mass is 599 g/mol. The van der Waals surface area contributed by atoms with Gasteiger partial charge in [0.25, 0.3) is 17.6 Å². The lowest BCUT2D eigenvalue weighted by atomic mass is 10.1. The summed E-state index contributed by atoms with van der Waals surface area (Å²) in [5.41, 5.74) is -0.434. The molecule has 0 aliphatic carbocycles. The van der Waals surface area contributed by atoms with Crippen molar-refractivity contribution in [3.8, 4) is 17.2 Å². The smallest absolute Gasteiger partial charge is 0.449 e. The molecule has 1 aliphatic heterocycles. The van der Waals surface area contributed by atoms with Gasteiger partial charge in [0.15, 0.2) is 0 Å². The summed E-state index contributed by atoms with van der Waals surface area (Å²) in [7, 11) is 0. The van der Waals surface area contributed by atoms with Gasteiger partial charge in [-0.1, -0.05) is 11.6 Å². The van der Waals surface area contributed by atoms with Crippen LogP contribution in [0.15, 0.2) is 57.7 Å². The number of fused-ring (bicyclic) bond motifs is 2. The molecule has 1 aliphatic rings. The number of rotatable bonds is 5. The van der Waals surface area contributed by atoms with Crippen molar-refractivity contribution in [1.29, 1.82) is 0 Å². The van der Waals surface area contributed by atoms with E-state index in [1.54, 1.807) is 27.7 Å². The van der Waals surface area contributed by atoms with E-state index in [1.807, 2.05) is 0 Å². The zero-order valence-corrected chi connectivity index (χ0v) is 23.3. The topological polar surface area (TPSA) is 103 Å². The van der Waals surface area contributed by atoms with E-state index >= 15 is 0 Å². The van der Waals surface area contributed by atoms with Crippen LogP contribution in [0.5, 0.6) is 17.2 Å². The van der Waals surface area contributed by atoms with Gasteiger partial charge in [0.1, 0.15) is 17.1 Å². The summed E-state index contributed by atoms with van der Waals surface area (Å²) in [5.74, 6) is -5.00. The molecule has 0 bridgehead atoms. The molecule has 8 nitrogen and oxygen atoms in total. The van der Waals surface area contributed by atoms with Gasteiger partial charge in [0.05, 0.1) is 22.1 Å². The standard InChI is InChI=1S/C30H21ClF3NO7/c1-13(2)35-27(37)19-7-5-16(11-21(19)28(35)38)29(39)41-17-6-8-20-22(12-17)42-26(30(32,33)34)25(24(20)36)40-18-9-14(3)23(31)15(4)10-18/h5-13H,1-4H3. The largest absolute Gasteiger partial charge is 0.453 e. The summed E-state index contributed by atoms with van der Waals surface area (Å²) in [5, 5.41) is 0.152. The predicted molar refractivity (Wildman–Crippen MR) is 146 cm³/mol. The van der Waals surface area contributed by atoms with Crippen molar-refractivity contribution >= 4 is 40.4 Å². The van der Waals surface area contributed by atoms with Crippen LogP contribution in [0.1, 0.15) is 61.8 Å². The average molecular weight is 600 g/mol. The summed E-state index contributed by atoms with van der Waals surface area (Å²) in [6.07, 6.45) is -5.11. The maximum atomic E-state index is 14.0. The van der Waals surface area contributed by atoms with Crippen LogP contribution in [-0.4, -0.2) is 28.7 Å². The van der Waals surface area contributed by atoms with Crippen molar-refractivity contribution in [3.05, 3.63) is 97.4 Å². The van der Waals surface area contributed by atoms with Gasteiger partial charge >= 0.3 is 12.1 Å². The SMILES string of the molecule is Cc1cc(Oc2c(C(F)(F)F)oc3cc(OC(=O)c4ccc5c(c4)C(=O)N(C(C)C)C5=O)ccc3c2=O)cc(C)c1Cl. The average Bonchev–Trinajstić information content (AvgIpc) is 3.17. The molecular weight excluding hydrogens is 579 g/mol. The number of esters is 1. The number of alkyl halides is 3. The van der Waals surface area contributed by atoms with Gasteiger partial charge in [-0.25, -0.2) is 4.79 Å². The third-order valence-corrected chi connectivity index (χ3v) is 7.19. The highest BCUT2D eigenvalue weighted by atomic mass is 35.5. The maximum Gasteiger partial charge on any atom is 0.453 e. The van der Waals surface area contributed by atoms with Crippen LogP contribution in [0.4, 0.5) is 13.2 Å². The molecule has 12 heteroatoms. The molecule has 42 heavy (non-hydrogen) atoms. The number of ether oxygens (including phenoxy) is 2. The van der Waals surface area contributed by atoms with E-state index in [4.69, 9.17) is 25.5 Å². The lowest BCUT2D eigenvalue weighted by Gasteiger charge is -2.17. The number of carbonyl (C=O) groups excluding carboxylic acids is 3. The fraction of sp³-hybridized carbons (Fsp3) is 0.200. The summed E-state index contributed by atoms with van der Waals surface area (Å²) < 4.78 is 57.7. The van der Waals surface area contributed by atoms with E-state index in [9.17, 15) is 32.3 Å². The van der Waals surface area contributed by atoms with Gasteiger partial charge < -0.3 is 13.9 Å². The number of carbonyl (C=O) groups is 3. The van der Waals surface area contributed by atoms with Crippen molar-refractivity contribution in [2.24, 2.45) is 0 Å². The molecule has 0 N–H and O–H groups in total. The number of benzene rings is 3. The first-order valence-electron chi connectivity index (χ1n) is 12.5. The van der Waals surface area contributed by atoms with E-state index < -0.39 is 52.5 Å². The van der Waals surface area contributed by atoms with Crippen LogP contribution in [0, 0.1) is 13.8 Å². The van der Waals surface area contributed by atoms with Crippen LogP contribution >= 0.6 is 11.6 Å². The second-order valence-electron chi connectivity index (χ2n) is 9.94. The fourth-order valence-corrected chi connectivity index (χ4v) is 4.71. The molecule has 216 valence electrons. The number of hydrogen-bond donors (Lipinski definition) is 0. The van der Waals surface area contributed by atoms with Crippen LogP contribution in [0.25, 0.3) is 11.0 Å². The Morgan fingerprint density at radius 2 is 1.55 bits per heavy atom. The van der Waals surface area contributed by atoms with Gasteiger partial charge in [-0.2, -0.15) is 13.2 Å². The molecule has 2 amide bonds. The zero-order valence-electron chi connectivity index (χ0n) is 22.5. The minimum atomic E-state index is -5.11. The number of nitrogens with zero attached hydrogens (tertiary/aromatic N) is 1. The van der Waals surface area contributed by atoms with Crippen molar-refractivity contribution in [1.82, 2.24) is 4.90 Å². The lowest BCUT2D eigenvalue weighted by molar-refractivity contribution is -0.154. The third-order valence-electron chi connectivity index (χ3n) is 6.59. The maximum absolute atomic E-state index is 14.0. The lowest BCUT2D eigenvalue weighted by Crippen LogP contribution is -2.35. The number of halogens is 4. The first-order valence-corrected chi connectivity index (χ1v) is 12.9. The number of imide groups is 1. The highest BCUT2D eigenvalue weighted by Gasteiger charge is 2.41. The van der Waals surface area contributed by atoms with E-state index in [0.29, 0.717) is 16.1 Å². The molecule has 5 rings (SSSR count). The molecule has 1 aromatic heterocycles. The zero-order chi connectivity index (χ0) is 30.7. The highest BCUT2D eigenvalue weighted by molar-refractivity contribution is 6.32. The first-order chi connectivity index (χ1) is 19.7. The van der Waals surface area contributed by atoms with Gasteiger partial charge in [-0.3, -0.25) is 19.3 Å². The minimum absolute atomic E-state index is 0.0288. The summed E-state index contributed by atoms with van der Waals surface area (Å²) in [6, 6.07) is 9.53. The van der Waals surface area contributed by atoms with Crippen molar-refractivity contribution in [2.75, 3.05) is 0 Å². The second-order valence-corrected chi connectivity index (χ2v) is 10.3. The Kier molecular flexibility index (Phi) is 7.10. The first kappa shape index (κ1) is 28.9. The van der Waals surface area contributed by atoms with Gasteiger partial charge in [0, 0.05) is 17.1 Å². The molecule has 0 saturated heterocycles. The Morgan fingerprint density at radius 1 is 0.905 bits per heavy atom. The minimum Gasteiger partial charge on any atom is -0.449 e. The third kappa shape index (κ3) is 5.00. The van der Waals surface area contributed by atoms with Gasteiger partial charge in [-0.05, 0) is 81.3 Å².